The number of halogens is 2. The molecule has 2 heterocycles. The molecule has 0 radical (unpaired) electrons. The number of carboxylic acids is 1. The largest absolute Gasteiger partial charge is 0.482 e. The van der Waals surface area contributed by atoms with Crippen LogP contribution in [0.15, 0.2) is 48.0 Å². The third kappa shape index (κ3) is 4.98. The molecule has 1 unspecified atom stereocenters. The Hall–Kier alpha value is -2.81. The maximum Gasteiger partial charge on any atom is 0.410 e. The molecule has 0 fully saturated rings. The number of carbonyl (C=O) groups is 2. The highest BCUT2D eigenvalue weighted by Gasteiger charge is 2.36. The average Bonchev–Trinajstić information content (AvgIpc) is 3.26. The van der Waals surface area contributed by atoms with E-state index < -0.39 is 24.7 Å². The van der Waals surface area contributed by atoms with Crippen molar-refractivity contribution in [3.05, 3.63) is 79.7 Å². The molecule has 0 saturated heterocycles. The highest BCUT2D eigenvalue weighted by Crippen LogP contribution is 2.42. The van der Waals surface area contributed by atoms with Crippen LogP contribution in [-0.4, -0.2) is 40.2 Å². The Kier molecular flexibility index (Phi) is 6.83. The van der Waals surface area contributed by atoms with Gasteiger partial charge >= 0.3 is 12.1 Å². The molecule has 1 N–H and O–H groups in total. The van der Waals surface area contributed by atoms with Crippen LogP contribution in [0.1, 0.15) is 27.7 Å². The quantitative estimate of drug-likeness (QED) is 0.508. The van der Waals surface area contributed by atoms with Crippen LogP contribution in [0.2, 0.25) is 10.0 Å². The lowest BCUT2D eigenvalue weighted by molar-refractivity contribution is -0.139. The molecular formula is C22H18Cl2N2O5S. The van der Waals surface area contributed by atoms with Crippen molar-refractivity contribution in [2.45, 2.75) is 19.1 Å². The van der Waals surface area contributed by atoms with E-state index in [4.69, 9.17) is 37.8 Å². The zero-order chi connectivity index (χ0) is 22.7. The van der Waals surface area contributed by atoms with Crippen LogP contribution < -0.4 is 4.74 Å². The van der Waals surface area contributed by atoms with Crippen LogP contribution in [0.25, 0.3) is 0 Å². The molecule has 3 aromatic rings. The van der Waals surface area contributed by atoms with E-state index in [0.717, 1.165) is 16.1 Å². The lowest BCUT2D eigenvalue weighted by atomic mass is 9.97. The first kappa shape index (κ1) is 22.4. The minimum Gasteiger partial charge on any atom is -0.482 e. The van der Waals surface area contributed by atoms with Crippen LogP contribution in [0.5, 0.6) is 5.75 Å². The summed E-state index contributed by atoms with van der Waals surface area (Å²) in [7, 11) is 0. The summed E-state index contributed by atoms with van der Waals surface area (Å²) in [6.07, 6.45) is 0.0743. The lowest BCUT2D eigenvalue weighted by Crippen LogP contribution is -2.40. The van der Waals surface area contributed by atoms with E-state index >= 15 is 0 Å². The molecule has 1 atom stereocenters. The summed E-state index contributed by atoms with van der Waals surface area (Å²) in [5.41, 5.74) is 3.99. The fourth-order valence-corrected chi connectivity index (χ4v) is 4.78. The lowest BCUT2D eigenvalue weighted by Gasteiger charge is -2.35. The standard InChI is InChI=1S/C22H18Cl2N2O5S/c23-14-3-1-13(2-4-14)10-31-22(29)26-8-7-17-21(32-12-25-17)20(26)16-9-15(24)5-6-18(16)30-11-19(27)28/h1-6,9,12,20H,7-8,10-11H2,(H,27,28). The van der Waals surface area contributed by atoms with Gasteiger partial charge in [-0.2, -0.15) is 0 Å². The van der Waals surface area contributed by atoms with Gasteiger partial charge in [-0.1, -0.05) is 35.3 Å². The van der Waals surface area contributed by atoms with Gasteiger partial charge in [-0.25, -0.2) is 14.6 Å². The van der Waals surface area contributed by atoms with Crippen molar-refractivity contribution in [2.24, 2.45) is 0 Å². The van der Waals surface area contributed by atoms with Crippen molar-refractivity contribution in [1.82, 2.24) is 9.88 Å². The van der Waals surface area contributed by atoms with E-state index in [1.807, 2.05) is 0 Å². The predicted octanol–water partition coefficient (Wildman–Crippen LogP) is 5.20. The second-order valence-electron chi connectivity index (χ2n) is 7.05. The monoisotopic (exact) mass is 492 g/mol. The van der Waals surface area contributed by atoms with Crippen molar-refractivity contribution >= 4 is 46.6 Å². The number of nitrogens with zero attached hydrogens (tertiary/aromatic N) is 2. The van der Waals surface area contributed by atoms with Gasteiger partial charge in [0.25, 0.3) is 0 Å². The summed E-state index contributed by atoms with van der Waals surface area (Å²) in [4.78, 5) is 31.0. The number of aliphatic carboxylic acids is 1. The molecule has 0 saturated carbocycles. The summed E-state index contributed by atoms with van der Waals surface area (Å²) in [6, 6.07) is 11.4. The van der Waals surface area contributed by atoms with Gasteiger partial charge in [-0.15, -0.1) is 11.3 Å². The number of carboxylic acid groups (broad SMARTS) is 1. The molecular weight excluding hydrogens is 475 g/mol. The SMILES string of the molecule is O=C(O)COc1ccc(Cl)cc1C1c2scnc2CCN1C(=O)OCc1ccc(Cl)cc1. The Morgan fingerprint density at radius 3 is 2.66 bits per heavy atom. The van der Waals surface area contributed by atoms with Crippen molar-refractivity contribution in [1.29, 1.82) is 0 Å². The molecule has 1 aliphatic heterocycles. The number of aromatic nitrogens is 1. The Balaban J connectivity index is 1.64. The van der Waals surface area contributed by atoms with Gasteiger partial charge in [0.2, 0.25) is 0 Å². The highest BCUT2D eigenvalue weighted by molar-refractivity contribution is 7.09. The van der Waals surface area contributed by atoms with Gasteiger partial charge in [0.05, 0.1) is 16.1 Å². The van der Waals surface area contributed by atoms with Crippen molar-refractivity contribution in [3.8, 4) is 5.75 Å². The van der Waals surface area contributed by atoms with E-state index in [-0.39, 0.29) is 6.61 Å². The Labute approximate surface area is 198 Å². The van der Waals surface area contributed by atoms with E-state index in [9.17, 15) is 9.59 Å². The third-order valence-corrected chi connectivity index (χ3v) is 6.36. The van der Waals surface area contributed by atoms with Crippen LogP contribution in [0.3, 0.4) is 0 Å². The van der Waals surface area contributed by atoms with Gasteiger partial charge in [0.1, 0.15) is 18.4 Å². The summed E-state index contributed by atoms with van der Waals surface area (Å²) >= 11 is 13.6. The first-order chi connectivity index (χ1) is 15.4. The number of hydrogen-bond donors (Lipinski definition) is 1. The van der Waals surface area contributed by atoms with Gasteiger partial charge in [0.15, 0.2) is 6.61 Å². The molecule has 0 bridgehead atoms. The molecule has 1 amide bonds. The van der Waals surface area contributed by atoms with Crippen molar-refractivity contribution < 1.29 is 24.2 Å². The number of benzene rings is 2. The van der Waals surface area contributed by atoms with Crippen LogP contribution in [-0.2, 0) is 22.6 Å². The third-order valence-electron chi connectivity index (χ3n) is 4.95. The van der Waals surface area contributed by atoms with E-state index in [1.54, 1.807) is 52.9 Å². The zero-order valence-electron chi connectivity index (χ0n) is 16.7. The fourth-order valence-electron chi connectivity index (χ4n) is 3.50. The summed E-state index contributed by atoms with van der Waals surface area (Å²) in [5.74, 6) is -0.772. The molecule has 7 nitrogen and oxygen atoms in total. The number of rotatable bonds is 6. The number of fused-ring (bicyclic) bond motifs is 1. The van der Waals surface area contributed by atoms with Crippen LogP contribution >= 0.6 is 34.5 Å². The minimum absolute atomic E-state index is 0.0900. The minimum atomic E-state index is -1.10. The maximum atomic E-state index is 13.1. The van der Waals surface area contributed by atoms with Crippen molar-refractivity contribution in [2.75, 3.05) is 13.2 Å². The Bertz CT molecular complexity index is 1140. The molecule has 2 aromatic carbocycles. The second-order valence-corrected chi connectivity index (χ2v) is 8.81. The predicted molar refractivity (Wildman–Crippen MR) is 121 cm³/mol. The molecule has 0 aliphatic carbocycles. The highest BCUT2D eigenvalue weighted by atomic mass is 35.5. The number of amides is 1. The molecule has 10 heteroatoms. The molecule has 32 heavy (non-hydrogen) atoms. The number of ether oxygens (including phenoxy) is 2. The number of hydrogen-bond acceptors (Lipinski definition) is 6. The molecule has 1 aromatic heterocycles. The molecule has 1 aliphatic rings. The van der Waals surface area contributed by atoms with Crippen LogP contribution in [0, 0.1) is 0 Å². The van der Waals surface area contributed by atoms with Gasteiger partial charge in [0, 0.05) is 28.6 Å². The first-order valence-corrected chi connectivity index (χ1v) is 11.3. The normalized spacial score (nSPS) is 15.2. The van der Waals surface area contributed by atoms with Crippen LogP contribution in [0.4, 0.5) is 4.79 Å². The maximum absolute atomic E-state index is 13.1. The average molecular weight is 493 g/mol. The topological polar surface area (TPSA) is 89.0 Å². The van der Waals surface area contributed by atoms with Gasteiger partial charge in [-0.3, -0.25) is 4.90 Å². The molecule has 0 spiro atoms. The smallest absolute Gasteiger partial charge is 0.410 e. The fraction of sp³-hybridized carbons (Fsp3) is 0.227. The van der Waals surface area contributed by atoms with E-state index in [2.05, 4.69) is 4.98 Å². The first-order valence-electron chi connectivity index (χ1n) is 9.66. The van der Waals surface area contributed by atoms with Gasteiger partial charge < -0.3 is 14.6 Å². The second kappa shape index (κ2) is 9.77. The van der Waals surface area contributed by atoms with Gasteiger partial charge in [-0.05, 0) is 35.9 Å². The van der Waals surface area contributed by atoms with Crippen molar-refractivity contribution in [3.63, 3.8) is 0 Å². The summed E-state index contributed by atoms with van der Waals surface area (Å²) < 4.78 is 11.1. The molecule has 4 rings (SSSR count). The number of thiazole rings is 1. The molecule has 166 valence electrons. The summed E-state index contributed by atoms with van der Waals surface area (Å²) in [6.45, 7) is -0.0453. The Morgan fingerprint density at radius 2 is 1.91 bits per heavy atom. The Morgan fingerprint density at radius 1 is 1.16 bits per heavy atom. The number of carbonyl (C=O) groups excluding carboxylic acids is 1. The zero-order valence-corrected chi connectivity index (χ0v) is 19.0. The summed E-state index contributed by atoms with van der Waals surface area (Å²) in [5, 5.41) is 10.1. The van der Waals surface area contributed by atoms with E-state index in [0.29, 0.717) is 34.3 Å². The van der Waals surface area contributed by atoms with E-state index in [1.165, 1.54) is 11.3 Å².